The van der Waals surface area contributed by atoms with E-state index >= 15 is 0 Å². The van der Waals surface area contributed by atoms with Gasteiger partial charge in [0, 0.05) is 24.3 Å². The molecule has 0 aliphatic heterocycles. The van der Waals surface area contributed by atoms with Gasteiger partial charge in [-0.15, -0.1) is 0 Å². The molecule has 0 unspecified atom stereocenters. The predicted octanol–water partition coefficient (Wildman–Crippen LogP) is 2.88. The average Bonchev–Trinajstić information content (AvgIpc) is 3.07. The van der Waals surface area contributed by atoms with Crippen LogP contribution in [0.5, 0.6) is 0 Å². The molecule has 0 radical (unpaired) electrons. The smallest absolute Gasteiger partial charge is 0.330 e. The van der Waals surface area contributed by atoms with E-state index < -0.39 is 11.2 Å². The molecule has 0 spiro atoms. The summed E-state index contributed by atoms with van der Waals surface area (Å²) in [5.74, 6) is -0.187. The van der Waals surface area contributed by atoms with Crippen molar-refractivity contribution in [3.8, 4) is 5.69 Å². The van der Waals surface area contributed by atoms with Gasteiger partial charge in [-0.25, -0.2) is 9.48 Å². The summed E-state index contributed by atoms with van der Waals surface area (Å²) in [6.45, 7) is 12.3. The largest absolute Gasteiger partial charge is 0.383 e. The lowest BCUT2D eigenvalue weighted by molar-refractivity contribution is 0.0983. The summed E-state index contributed by atoms with van der Waals surface area (Å²) < 4.78 is 3.12. The van der Waals surface area contributed by atoms with Crippen LogP contribution in [0.15, 0.2) is 39.9 Å². The van der Waals surface area contributed by atoms with E-state index in [-0.39, 0.29) is 35.8 Å². The van der Waals surface area contributed by atoms with Gasteiger partial charge in [-0.2, -0.15) is 5.10 Å². The van der Waals surface area contributed by atoms with Crippen molar-refractivity contribution < 1.29 is 4.79 Å². The number of H-pyrrole nitrogens is 1. The first-order valence-electron chi connectivity index (χ1n) is 11.1. The lowest BCUT2D eigenvalue weighted by atomic mass is 10.1. The van der Waals surface area contributed by atoms with E-state index in [0.29, 0.717) is 12.1 Å². The van der Waals surface area contributed by atoms with Crippen LogP contribution in [0.1, 0.15) is 49.4 Å². The Morgan fingerprint density at radius 3 is 2.24 bits per heavy atom. The van der Waals surface area contributed by atoms with E-state index in [2.05, 4.69) is 10.1 Å². The molecule has 3 aromatic rings. The summed E-state index contributed by atoms with van der Waals surface area (Å²) >= 11 is 0. The summed E-state index contributed by atoms with van der Waals surface area (Å²) in [5, 5.41) is 4.47. The molecule has 0 aliphatic carbocycles. The number of nitrogens with zero attached hydrogens (tertiary/aromatic N) is 4. The van der Waals surface area contributed by atoms with Gasteiger partial charge in [0.15, 0.2) is 5.69 Å². The third-order valence-corrected chi connectivity index (χ3v) is 5.19. The Bertz CT molecular complexity index is 1260. The van der Waals surface area contributed by atoms with E-state index in [9.17, 15) is 14.4 Å². The van der Waals surface area contributed by atoms with E-state index in [4.69, 9.17) is 5.73 Å². The lowest BCUT2D eigenvalue weighted by Gasteiger charge is -2.26. The number of aryl methyl sites for hydroxylation is 2. The van der Waals surface area contributed by atoms with Crippen LogP contribution in [0.25, 0.3) is 5.69 Å². The lowest BCUT2D eigenvalue weighted by Crippen LogP contribution is -2.43. The number of carbonyl (C=O) groups is 1. The van der Waals surface area contributed by atoms with Crippen molar-refractivity contribution in [1.82, 2.24) is 19.3 Å². The van der Waals surface area contributed by atoms with Crippen molar-refractivity contribution in [2.45, 2.75) is 48.1 Å². The fourth-order valence-corrected chi connectivity index (χ4v) is 3.82. The molecule has 0 bridgehead atoms. The summed E-state index contributed by atoms with van der Waals surface area (Å²) in [5.41, 5.74) is 8.15. The molecule has 2 heterocycles. The number of anilines is 2. The normalized spacial score (nSPS) is 11.4. The number of rotatable bonds is 7. The molecular formula is C24H32N6O3. The minimum Gasteiger partial charge on any atom is -0.383 e. The van der Waals surface area contributed by atoms with E-state index in [1.807, 2.05) is 59.7 Å². The molecule has 9 heteroatoms. The molecule has 0 saturated carbocycles. The van der Waals surface area contributed by atoms with Crippen LogP contribution in [0.2, 0.25) is 0 Å². The van der Waals surface area contributed by atoms with Crippen LogP contribution in [0.3, 0.4) is 0 Å². The zero-order valence-electron chi connectivity index (χ0n) is 20.0. The highest BCUT2D eigenvalue weighted by Gasteiger charge is 2.26. The molecule has 0 atom stereocenters. The number of aromatic amines is 1. The van der Waals surface area contributed by atoms with Gasteiger partial charge in [0.1, 0.15) is 5.82 Å². The van der Waals surface area contributed by atoms with Gasteiger partial charge in [-0.1, -0.05) is 27.7 Å². The molecule has 176 valence electrons. The Hall–Kier alpha value is -3.62. The number of aromatic nitrogens is 4. The highest BCUT2D eigenvalue weighted by Crippen LogP contribution is 2.22. The first-order valence-corrected chi connectivity index (χ1v) is 11.1. The SMILES string of the molecule is Cc1cc(C)n(-c2ccc(C(=O)N(CC(C)C)c3c(N)n(CC(C)C)c(=O)[nH]c3=O)cc2)n1. The van der Waals surface area contributed by atoms with Crippen LogP contribution in [0.4, 0.5) is 11.5 Å². The van der Waals surface area contributed by atoms with E-state index in [1.165, 1.54) is 9.47 Å². The maximum absolute atomic E-state index is 13.5. The molecule has 9 nitrogen and oxygen atoms in total. The van der Waals surface area contributed by atoms with Crippen LogP contribution >= 0.6 is 0 Å². The Kier molecular flexibility index (Phi) is 6.90. The predicted molar refractivity (Wildman–Crippen MR) is 130 cm³/mol. The monoisotopic (exact) mass is 452 g/mol. The number of nitrogen functional groups attached to an aromatic ring is 1. The third kappa shape index (κ3) is 5.08. The third-order valence-electron chi connectivity index (χ3n) is 5.19. The number of hydrogen-bond donors (Lipinski definition) is 2. The highest BCUT2D eigenvalue weighted by atomic mass is 16.2. The molecule has 33 heavy (non-hydrogen) atoms. The zero-order valence-corrected chi connectivity index (χ0v) is 20.0. The minimum atomic E-state index is -0.675. The number of nitrogens with one attached hydrogen (secondary N) is 1. The van der Waals surface area contributed by atoms with Crippen LogP contribution < -0.4 is 21.9 Å². The number of benzene rings is 1. The van der Waals surface area contributed by atoms with Crippen molar-refractivity contribution >= 4 is 17.4 Å². The van der Waals surface area contributed by atoms with Gasteiger partial charge >= 0.3 is 5.69 Å². The van der Waals surface area contributed by atoms with Crippen molar-refractivity contribution in [3.63, 3.8) is 0 Å². The molecule has 2 aromatic heterocycles. The van der Waals surface area contributed by atoms with Gasteiger partial charge in [0.2, 0.25) is 0 Å². The molecular weight excluding hydrogens is 420 g/mol. The molecule has 3 rings (SSSR count). The maximum atomic E-state index is 13.5. The summed E-state index contributed by atoms with van der Waals surface area (Å²) in [6.07, 6.45) is 0. The second-order valence-electron chi connectivity index (χ2n) is 9.19. The molecule has 3 N–H and O–H groups in total. The molecule has 1 aromatic carbocycles. The number of carbonyl (C=O) groups excluding carboxylic acids is 1. The van der Waals surface area contributed by atoms with Gasteiger partial charge in [-0.05, 0) is 56.0 Å². The Morgan fingerprint density at radius 1 is 1.09 bits per heavy atom. The topological polar surface area (TPSA) is 119 Å². The van der Waals surface area contributed by atoms with Crippen LogP contribution in [-0.4, -0.2) is 31.8 Å². The summed E-state index contributed by atoms with van der Waals surface area (Å²) in [4.78, 5) is 42.4. The quantitative estimate of drug-likeness (QED) is 0.571. The van der Waals surface area contributed by atoms with Gasteiger partial charge in [-0.3, -0.25) is 19.1 Å². The average molecular weight is 453 g/mol. The Labute approximate surface area is 192 Å². The van der Waals surface area contributed by atoms with Gasteiger partial charge in [0.05, 0.1) is 11.4 Å². The molecule has 0 aliphatic rings. The molecule has 1 amide bonds. The Balaban J connectivity index is 2.05. The fourth-order valence-electron chi connectivity index (χ4n) is 3.82. The zero-order chi connectivity index (χ0) is 24.4. The maximum Gasteiger partial charge on any atom is 0.330 e. The van der Waals surface area contributed by atoms with Gasteiger partial charge < -0.3 is 10.6 Å². The molecule has 0 fully saturated rings. The van der Waals surface area contributed by atoms with Crippen molar-refractivity contribution in [2.75, 3.05) is 17.2 Å². The fraction of sp³-hybridized carbons (Fsp3) is 0.417. The Morgan fingerprint density at radius 2 is 1.73 bits per heavy atom. The van der Waals surface area contributed by atoms with Crippen LogP contribution in [-0.2, 0) is 6.54 Å². The second kappa shape index (κ2) is 9.48. The van der Waals surface area contributed by atoms with Gasteiger partial charge in [0.25, 0.3) is 11.5 Å². The first-order chi connectivity index (χ1) is 15.5. The second-order valence-corrected chi connectivity index (χ2v) is 9.19. The number of hydrogen-bond acceptors (Lipinski definition) is 5. The standard InChI is InChI=1S/C24H32N6O3/c1-14(2)12-28(20-21(25)29(13-15(3)4)24(33)26-22(20)31)23(32)18-7-9-19(10-8-18)30-17(6)11-16(5)27-30/h7-11,14-15H,12-13,25H2,1-6H3,(H,26,31,33). The van der Waals surface area contributed by atoms with E-state index in [0.717, 1.165) is 17.1 Å². The van der Waals surface area contributed by atoms with Crippen molar-refractivity contribution in [1.29, 1.82) is 0 Å². The van der Waals surface area contributed by atoms with Crippen molar-refractivity contribution in [2.24, 2.45) is 11.8 Å². The minimum absolute atomic E-state index is 0.00317. The van der Waals surface area contributed by atoms with Crippen molar-refractivity contribution in [3.05, 3.63) is 68.1 Å². The first kappa shape index (κ1) is 24.0. The summed E-state index contributed by atoms with van der Waals surface area (Å²) in [7, 11) is 0. The highest BCUT2D eigenvalue weighted by molar-refractivity contribution is 6.07. The van der Waals surface area contributed by atoms with E-state index in [1.54, 1.807) is 16.8 Å². The number of amides is 1. The molecule has 0 saturated heterocycles. The summed E-state index contributed by atoms with van der Waals surface area (Å²) in [6, 6.07) is 9.01. The van der Waals surface area contributed by atoms with Crippen LogP contribution in [0, 0.1) is 25.7 Å². The number of nitrogens with two attached hydrogens (primary N) is 1.